The largest absolute Gasteiger partial charge is 0.457 e. The number of carbonyl (C=O) groups excluding carboxylic acids is 2. The molecule has 2 fully saturated rings. The average molecular weight is 1130 g/mol. The summed E-state index contributed by atoms with van der Waals surface area (Å²) < 4.78 is 75.1. The van der Waals surface area contributed by atoms with Gasteiger partial charge in [-0.1, -0.05) is 26.0 Å². The number of imidazole rings is 2. The first kappa shape index (κ1) is 58.7. The summed E-state index contributed by atoms with van der Waals surface area (Å²) in [5.41, 5.74) is 3.71. The third kappa shape index (κ3) is 13.2. The monoisotopic (exact) mass is 1130 g/mol. The SMILES string of the molecule is CCN1CCC([C@@H](OC(C)=O)c2ccc(Nc3ncc(F)c(-c4cc(F)c5nc(C)n(C(C)C)c5c4)n3)nc2)CC1.CCN1CCC([C@H](OC(C)=O)c2ccc(Nc3ncc(F)c(-c4cc(F)c5nc(C)n(C(C)C)c5c4)n3)nc2)CC1. The number of aromatic nitrogens is 10. The van der Waals surface area contributed by atoms with Crippen LogP contribution in [0.2, 0.25) is 0 Å². The first-order valence-electron chi connectivity index (χ1n) is 28.0. The lowest BCUT2D eigenvalue weighted by atomic mass is 9.87. The summed E-state index contributed by atoms with van der Waals surface area (Å²) in [6.07, 6.45) is 8.41. The summed E-state index contributed by atoms with van der Waals surface area (Å²) in [6.45, 7) is 24.5. The topological polar surface area (TPSA) is 196 Å². The summed E-state index contributed by atoms with van der Waals surface area (Å²) in [4.78, 5) is 63.0. The van der Waals surface area contributed by atoms with Crippen LogP contribution in [0.1, 0.15) is 128 Å². The van der Waals surface area contributed by atoms with Crippen LogP contribution in [0.3, 0.4) is 0 Å². The number of nitrogens with one attached hydrogen (secondary N) is 2. The van der Waals surface area contributed by atoms with E-state index in [0.717, 1.165) is 88.5 Å². The standard InChI is InChI=1S/2C30H35F2N7O2/c2*1-6-38-11-9-20(10-12-38)29(41-19(5)40)21-7-8-26(33-15-21)36-30-34-16-24(32)27(37-30)22-13-23(31)28-25(14-22)39(17(2)3)18(4)35-28/h2*7-8,13-17,20,29H,6,9-12H2,1-5H3,(H,33,34,36,37)/t2*29-/m10/s1. The number of piperidine rings is 2. The van der Waals surface area contributed by atoms with Crippen LogP contribution in [-0.4, -0.2) is 110 Å². The summed E-state index contributed by atoms with van der Waals surface area (Å²) in [6, 6.07) is 13.2. The highest BCUT2D eigenvalue weighted by atomic mass is 19.1. The van der Waals surface area contributed by atoms with Crippen molar-refractivity contribution in [2.45, 2.75) is 119 Å². The minimum absolute atomic E-state index is 0.0394. The van der Waals surface area contributed by atoms with Crippen LogP contribution in [0, 0.1) is 49.0 Å². The molecule has 0 radical (unpaired) electrons. The van der Waals surface area contributed by atoms with Gasteiger partial charge < -0.3 is 39.0 Å². The van der Waals surface area contributed by atoms with E-state index < -0.39 is 23.3 Å². The van der Waals surface area contributed by atoms with Crippen LogP contribution in [0.5, 0.6) is 0 Å². The Morgan fingerprint density at radius 1 is 0.549 bits per heavy atom. The van der Waals surface area contributed by atoms with E-state index in [0.29, 0.717) is 34.3 Å². The van der Waals surface area contributed by atoms with Gasteiger partial charge in [0.1, 0.15) is 57.9 Å². The minimum Gasteiger partial charge on any atom is -0.457 e. The molecule has 0 spiro atoms. The maximum atomic E-state index is 15.0. The van der Waals surface area contributed by atoms with Crippen molar-refractivity contribution in [3.05, 3.63) is 119 Å². The number of hydrogen-bond acceptors (Lipinski definition) is 16. The van der Waals surface area contributed by atoms with Crippen LogP contribution < -0.4 is 10.6 Å². The molecule has 10 rings (SSSR count). The van der Waals surface area contributed by atoms with Crippen molar-refractivity contribution in [1.82, 2.24) is 58.8 Å². The summed E-state index contributed by atoms with van der Waals surface area (Å²) in [5.74, 6) is -0.260. The molecule has 2 aliphatic rings. The van der Waals surface area contributed by atoms with Gasteiger partial charge >= 0.3 is 11.9 Å². The third-order valence-electron chi connectivity index (χ3n) is 15.2. The van der Waals surface area contributed by atoms with Crippen molar-refractivity contribution >= 4 is 57.5 Å². The maximum absolute atomic E-state index is 15.0. The number of anilines is 4. The zero-order valence-corrected chi connectivity index (χ0v) is 48.0. The number of halogens is 4. The fourth-order valence-corrected chi connectivity index (χ4v) is 11.3. The molecule has 2 aromatic carbocycles. The number of benzene rings is 2. The van der Waals surface area contributed by atoms with Gasteiger partial charge in [-0.25, -0.2) is 57.4 Å². The van der Waals surface area contributed by atoms with Crippen molar-refractivity contribution in [1.29, 1.82) is 0 Å². The van der Waals surface area contributed by atoms with Crippen LogP contribution in [-0.2, 0) is 19.1 Å². The van der Waals surface area contributed by atoms with E-state index in [4.69, 9.17) is 9.47 Å². The van der Waals surface area contributed by atoms with Gasteiger partial charge in [0.25, 0.3) is 0 Å². The Morgan fingerprint density at radius 2 is 0.927 bits per heavy atom. The fourth-order valence-electron chi connectivity index (χ4n) is 11.3. The van der Waals surface area contributed by atoms with Gasteiger partial charge in [-0.3, -0.25) is 9.59 Å². The number of carbonyl (C=O) groups is 2. The zero-order valence-electron chi connectivity index (χ0n) is 48.0. The third-order valence-corrected chi connectivity index (χ3v) is 15.2. The van der Waals surface area contributed by atoms with Gasteiger partial charge in [-0.15, -0.1) is 0 Å². The molecule has 2 atom stereocenters. The number of ether oxygens (including phenoxy) is 2. The van der Waals surface area contributed by atoms with Crippen LogP contribution in [0.15, 0.2) is 73.3 Å². The predicted molar refractivity (Wildman–Crippen MR) is 305 cm³/mol. The molecule has 0 amide bonds. The Hall–Kier alpha value is -7.98. The summed E-state index contributed by atoms with van der Waals surface area (Å²) in [7, 11) is 0. The van der Waals surface area contributed by atoms with Crippen molar-refractivity contribution in [2.24, 2.45) is 11.8 Å². The minimum atomic E-state index is -0.678. The Morgan fingerprint density at radius 3 is 1.24 bits per heavy atom. The molecule has 0 saturated carbocycles. The van der Waals surface area contributed by atoms with Gasteiger partial charge in [0.2, 0.25) is 11.9 Å². The van der Waals surface area contributed by atoms with E-state index in [-0.39, 0.29) is 93.5 Å². The van der Waals surface area contributed by atoms with Gasteiger partial charge in [0, 0.05) is 72.4 Å². The Kier molecular flexibility index (Phi) is 18.2. The van der Waals surface area contributed by atoms with Crippen molar-refractivity contribution in [3.63, 3.8) is 0 Å². The van der Waals surface area contributed by atoms with E-state index in [2.05, 4.69) is 74.2 Å². The number of esters is 2. The molecular weight excluding hydrogens is 1060 g/mol. The van der Waals surface area contributed by atoms with Crippen molar-refractivity contribution in [3.8, 4) is 22.5 Å². The highest BCUT2D eigenvalue weighted by molar-refractivity contribution is 5.84. The molecule has 2 aliphatic heterocycles. The maximum Gasteiger partial charge on any atom is 0.303 e. The van der Waals surface area contributed by atoms with E-state index in [1.807, 2.05) is 62.8 Å². The van der Waals surface area contributed by atoms with Crippen LogP contribution >= 0.6 is 0 Å². The molecule has 432 valence electrons. The quantitative estimate of drug-likeness (QED) is 0.0684. The molecule has 0 unspecified atom stereocenters. The van der Waals surface area contributed by atoms with Gasteiger partial charge in [0.05, 0.1) is 23.4 Å². The van der Waals surface area contributed by atoms with Crippen LogP contribution in [0.4, 0.5) is 41.1 Å². The highest BCUT2D eigenvalue weighted by Crippen LogP contribution is 2.37. The number of fused-ring (bicyclic) bond motifs is 2. The Labute approximate surface area is 474 Å². The van der Waals surface area contributed by atoms with Gasteiger partial charge in [0.15, 0.2) is 23.3 Å². The van der Waals surface area contributed by atoms with E-state index in [1.54, 1.807) is 36.7 Å². The molecular formula is C60H70F4N14O4. The molecule has 0 aliphatic carbocycles. The average Bonchev–Trinajstić information content (AvgIpc) is 3.54. The number of likely N-dealkylation sites (tertiary alicyclic amines) is 2. The normalized spacial score (nSPS) is 15.4. The molecule has 0 bridgehead atoms. The number of pyridine rings is 2. The lowest BCUT2D eigenvalue weighted by Gasteiger charge is -2.35. The number of rotatable bonds is 16. The summed E-state index contributed by atoms with van der Waals surface area (Å²) in [5, 5.41) is 6.00. The second-order valence-electron chi connectivity index (χ2n) is 21.5. The number of aryl methyl sites for hydroxylation is 2. The van der Waals surface area contributed by atoms with Gasteiger partial charge in [-0.2, -0.15) is 0 Å². The Balaban J connectivity index is 0.000000198. The molecule has 18 nitrogen and oxygen atoms in total. The molecule has 22 heteroatoms. The van der Waals surface area contributed by atoms with Gasteiger partial charge in [-0.05, 0) is 143 Å². The number of nitrogens with zero attached hydrogens (tertiary/aromatic N) is 12. The van der Waals surface area contributed by atoms with Crippen LogP contribution in [0.25, 0.3) is 44.6 Å². The van der Waals surface area contributed by atoms with E-state index >= 15 is 8.78 Å². The molecule has 6 aromatic heterocycles. The zero-order chi connectivity index (χ0) is 58.5. The number of hydrogen-bond donors (Lipinski definition) is 2. The first-order valence-corrected chi connectivity index (χ1v) is 28.0. The molecule has 2 saturated heterocycles. The first-order chi connectivity index (χ1) is 39.3. The fraction of sp³-hybridized carbons (Fsp3) is 0.433. The van der Waals surface area contributed by atoms with E-state index in [9.17, 15) is 18.4 Å². The lowest BCUT2D eigenvalue weighted by molar-refractivity contribution is -0.151. The molecule has 82 heavy (non-hydrogen) atoms. The molecule has 8 heterocycles. The highest BCUT2D eigenvalue weighted by Gasteiger charge is 2.32. The smallest absolute Gasteiger partial charge is 0.303 e. The second kappa shape index (κ2) is 25.4. The molecule has 8 aromatic rings. The summed E-state index contributed by atoms with van der Waals surface area (Å²) >= 11 is 0. The van der Waals surface area contributed by atoms with Crippen molar-refractivity contribution < 1.29 is 36.6 Å². The van der Waals surface area contributed by atoms with E-state index in [1.165, 1.54) is 26.0 Å². The second-order valence-corrected chi connectivity index (χ2v) is 21.5. The lowest BCUT2D eigenvalue weighted by Crippen LogP contribution is -2.36. The Bertz CT molecular complexity index is 3330. The van der Waals surface area contributed by atoms with Crippen molar-refractivity contribution in [2.75, 3.05) is 49.9 Å². The predicted octanol–water partition coefficient (Wildman–Crippen LogP) is 12.3. The molecule has 2 N–H and O–H groups in total.